The second kappa shape index (κ2) is 2.15. The maximum Gasteiger partial charge on any atom is 0.276 e. The van der Waals surface area contributed by atoms with Crippen molar-refractivity contribution in [3.8, 4) is 0 Å². The molecule has 1 N–H and O–H groups in total. The summed E-state index contributed by atoms with van der Waals surface area (Å²) >= 11 is 0. The number of nitrogens with zero attached hydrogens (tertiary/aromatic N) is 2. The highest BCUT2D eigenvalue weighted by molar-refractivity contribution is 5.45. The summed E-state index contributed by atoms with van der Waals surface area (Å²) in [5, 5.41) is 2.91. The van der Waals surface area contributed by atoms with Gasteiger partial charge in [0.05, 0.1) is 5.69 Å². The first kappa shape index (κ1) is 7.68. The molecule has 0 unspecified atom stereocenters. The molecule has 0 aliphatic heterocycles. The minimum absolute atomic E-state index is 0.101. The quantitative estimate of drug-likeness (QED) is 0.691. The zero-order valence-electron chi connectivity index (χ0n) is 8.29. The molecule has 0 atom stereocenters. The van der Waals surface area contributed by atoms with Crippen LogP contribution in [0.3, 0.4) is 0 Å². The second-order valence-corrected chi connectivity index (χ2v) is 4.68. The van der Waals surface area contributed by atoms with Crippen LogP contribution in [0.4, 0.5) is 0 Å². The van der Waals surface area contributed by atoms with Crippen molar-refractivity contribution in [1.82, 2.24) is 14.6 Å². The van der Waals surface area contributed by atoms with Crippen LogP contribution in [0.2, 0.25) is 0 Å². The molecule has 1 saturated carbocycles. The lowest BCUT2D eigenvalue weighted by atomic mass is 10.1. The van der Waals surface area contributed by atoms with E-state index in [2.05, 4.69) is 10.1 Å². The van der Waals surface area contributed by atoms with Crippen molar-refractivity contribution in [3.05, 3.63) is 33.9 Å². The van der Waals surface area contributed by atoms with Crippen molar-refractivity contribution >= 4 is 5.65 Å². The van der Waals surface area contributed by atoms with E-state index < -0.39 is 0 Å². The van der Waals surface area contributed by atoms with E-state index in [-0.39, 0.29) is 5.56 Å². The van der Waals surface area contributed by atoms with Crippen LogP contribution >= 0.6 is 0 Å². The molecule has 2 aliphatic rings. The van der Waals surface area contributed by atoms with E-state index >= 15 is 0 Å². The van der Waals surface area contributed by atoms with Crippen LogP contribution in [0.15, 0.2) is 17.1 Å². The predicted molar refractivity (Wildman–Crippen MR) is 55.0 cm³/mol. The normalized spacial score (nSPS) is 21.1. The molecule has 0 bridgehead atoms. The van der Waals surface area contributed by atoms with Crippen LogP contribution in [0.25, 0.3) is 5.65 Å². The summed E-state index contributed by atoms with van der Waals surface area (Å²) in [4.78, 5) is 16.7. The number of aromatic amines is 1. The van der Waals surface area contributed by atoms with E-state index in [9.17, 15) is 4.79 Å². The molecule has 0 saturated heterocycles. The zero-order valence-corrected chi connectivity index (χ0v) is 8.29. The highest BCUT2D eigenvalue weighted by Crippen LogP contribution is 2.55. The van der Waals surface area contributed by atoms with Crippen molar-refractivity contribution in [2.75, 3.05) is 0 Å². The third kappa shape index (κ3) is 0.786. The van der Waals surface area contributed by atoms with Gasteiger partial charge in [-0.25, -0.2) is 9.50 Å². The SMILES string of the molecule is O=c1c2c(nc3cc[nH]n13)C1(CC2)CC1. The summed E-state index contributed by atoms with van der Waals surface area (Å²) < 4.78 is 1.54. The third-order valence-electron chi connectivity index (χ3n) is 3.85. The molecule has 4 nitrogen and oxygen atoms in total. The van der Waals surface area contributed by atoms with Crippen LogP contribution < -0.4 is 5.56 Å². The molecule has 15 heavy (non-hydrogen) atoms. The van der Waals surface area contributed by atoms with Crippen LogP contribution in [0.1, 0.15) is 30.5 Å². The van der Waals surface area contributed by atoms with E-state index in [4.69, 9.17) is 0 Å². The van der Waals surface area contributed by atoms with Crippen LogP contribution in [-0.2, 0) is 11.8 Å². The smallest absolute Gasteiger partial charge is 0.276 e. The Bertz CT molecular complexity index is 618. The number of hydrogen-bond acceptors (Lipinski definition) is 2. The van der Waals surface area contributed by atoms with Crippen molar-refractivity contribution in [1.29, 1.82) is 0 Å². The number of nitrogens with one attached hydrogen (secondary N) is 1. The van der Waals surface area contributed by atoms with E-state index in [0.717, 1.165) is 29.7 Å². The van der Waals surface area contributed by atoms with Gasteiger partial charge in [-0.05, 0) is 25.7 Å². The van der Waals surface area contributed by atoms with Gasteiger partial charge in [-0.1, -0.05) is 0 Å². The van der Waals surface area contributed by atoms with Crippen molar-refractivity contribution in [2.24, 2.45) is 0 Å². The lowest BCUT2D eigenvalue weighted by Gasteiger charge is -2.05. The number of fused-ring (bicyclic) bond motifs is 3. The molecule has 0 aromatic carbocycles. The molecule has 76 valence electrons. The zero-order chi connectivity index (χ0) is 10.0. The summed E-state index contributed by atoms with van der Waals surface area (Å²) in [7, 11) is 0. The monoisotopic (exact) mass is 201 g/mol. The van der Waals surface area contributed by atoms with Gasteiger partial charge in [0.2, 0.25) is 0 Å². The maximum absolute atomic E-state index is 12.1. The summed E-state index contributed by atoms with van der Waals surface area (Å²) in [5.41, 5.74) is 3.18. The number of H-pyrrole nitrogens is 1. The van der Waals surface area contributed by atoms with Crippen LogP contribution in [-0.4, -0.2) is 14.6 Å². The average molecular weight is 201 g/mol. The molecule has 2 aromatic heterocycles. The number of aromatic nitrogens is 3. The second-order valence-electron chi connectivity index (χ2n) is 4.68. The molecule has 2 aromatic rings. The number of rotatable bonds is 0. The van der Waals surface area contributed by atoms with Gasteiger partial charge in [0.15, 0.2) is 5.65 Å². The summed E-state index contributed by atoms with van der Waals surface area (Å²) in [6.07, 6.45) is 6.22. The van der Waals surface area contributed by atoms with Gasteiger partial charge in [0.25, 0.3) is 5.56 Å². The van der Waals surface area contributed by atoms with Gasteiger partial charge < -0.3 is 0 Å². The Balaban J connectivity index is 2.18. The Morgan fingerprint density at radius 3 is 3.07 bits per heavy atom. The highest BCUT2D eigenvalue weighted by atomic mass is 16.1. The number of hydrogen-bond donors (Lipinski definition) is 1. The van der Waals surface area contributed by atoms with Gasteiger partial charge >= 0.3 is 0 Å². The average Bonchev–Trinajstić information content (AvgIpc) is 2.72. The van der Waals surface area contributed by atoms with Crippen molar-refractivity contribution in [2.45, 2.75) is 31.1 Å². The van der Waals surface area contributed by atoms with E-state index in [1.54, 1.807) is 10.7 Å². The largest absolute Gasteiger partial charge is 0.297 e. The van der Waals surface area contributed by atoms with Crippen LogP contribution in [0, 0.1) is 0 Å². The fourth-order valence-corrected chi connectivity index (χ4v) is 2.78. The predicted octanol–water partition coefficient (Wildman–Crippen LogP) is 1.00. The summed E-state index contributed by atoms with van der Waals surface area (Å²) in [6.45, 7) is 0. The Morgan fingerprint density at radius 1 is 1.40 bits per heavy atom. The molecule has 4 rings (SSSR count). The lowest BCUT2D eigenvalue weighted by molar-refractivity contribution is 0.665. The van der Waals surface area contributed by atoms with Gasteiger partial charge in [-0.2, -0.15) is 0 Å². The first-order valence-electron chi connectivity index (χ1n) is 5.40. The third-order valence-corrected chi connectivity index (χ3v) is 3.85. The van der Waals surface area contributed by atoms with E-state index in [0.29, 0.717) is 5.41 Å². The molecule has 1 fully saturated rings. The first-order chi connectivity index (χ1) is 7.30. The molecule has 2 aliphatic carbocycles. The Morgan fingerprint density at radius 2 is 2.27 bits per heavy atom. The fourth-order valence-electron chi connectivity index (χ4n) is 2.78. The Hall–Kier alpha value is -1.58. The van der Waals surface area contributed by atoms with Gasteiger partial charge in [-0.3, -0.25) is 9.89 Å². The van der Waals surface area contributed by atoms with Gasteiger partial charge in [-0.15, -0.1) is 0 Å². The highest BCUT2D eigenvalue weighted by Gasteiger charge is 2.51. The molecule has 4 heteroatoms. The molecule has 0 amide bonds. The lowest BCUT2D eigenvalue weighted by Crippen LogP contribution is -2.21. The standard InChI is InChI=1S/C11H11N3O/c15-10-7-1-3-11(4-5-11)9(7)13-8-2-6-12-14(8)10/h2,6,12H,1,3-5H2. The van der Waals surface area contributed by atoms with Crippen molar-refractivity contribution in [3.63, 3.8) is 0 Å². The fraction of sp³-hybridized carbons (Fsp3) is 0.455. The molecule has 2 heterocycles. The van der Waals surface area contributed by atoms with Gasteiger partial charge in [0, 0.05) is 23.2 Å². The van der Waals surface area contributed by atoms with Crippen molar-refractivity contribution < 1.29 is 0 Å². The Labute approximate surface area is 85.9 Å². The van der Waals surface area contributed by atoms with Crippen LogP contribution in [0.5, 0.6) is 0 Å². The molecular formula is C11H11N3O. The van der Waals surface area contributed by atoms with E-state index in [1.807, 2.05) is 6.07 Å². The first-order valence-corrected chi connectivity index (χ1v) is 5.40. The summed E-state index contributed by atoms with van der Waals surface area (Å²) in [5.74, 6) is 0. The summed E-state index contributed by atoms with van der Waals surface area (Å²) in [6, 6.07) is 1.86. The Kier molecular flexibility index (Phi) is 1.10. The maximum atomic E-state index is 12.1. The minimum atomic E-state index is 0.101. The molecular weight excluding hydrogens is 190 g/mol. The minimum Gasteiger partial charge on any atom is -0.297 e. The molecule has 1 spiro atoms. The van der Waals surface area contributed by atoms with Gasteiger partial charge in [0.1, 0.15) is 0 Å². The van der Waals surface area contributed by atoms with E-state index in [1.165, 1.54) is 12.8 Å². The molecule has 0 radical (unpaired) electrons. The topological polar surface area (TPSA) is 50.2 Å².